The zero-order valence-corrected chi connectivity index (χ0v) is 13.0. The van der Waals surface area contributed by atoms with Gasteiger partial charge in [-0.1, -0.05) is 6.92 Å². The maximum absolute atomic E-state index is 12.2. The van der Waals surface area contributed by atoms with Crippen molar-refractivity contribution in [1.29, 1.82) is 0 Å². The molecule has 0 aliphatic rings. The second-order valence-corrected chi connectivity index (χ2v) is 4.88. The molecule has 9 heteroatoms. The van der Waals surface area contributed by atoms with Crippen LogP contribution in [0.25, 0.3) is 0 Å². The third-order valence-corrected chi connectivity index (χ3v) is 2.83. The number of hydrogen-bond donors (Lipinski definition) is 1. The predicted octanol–water partition coefficient (Wildman–Crippen LogP) is 2.76. The van der Waals surface area contributed by atoms with Crippen molar-refractivity contribution in [3.05, 3.63) is 35.9 Å². The van der Waals surface area contributed by atoms with Gasteiger partial charge in [-0.15, -0.1) is 12.4 Å². The van der Waals surface area contributed by atoms with Gasteiger partial charge in [0.1, 0.15) is 6.54 Å². The molecule has 0 saturated heterocycles. The van der Waals surface area contributed by atoms with Crippen molar-refractivity contribution in [1.82, 2.24) is 24.9 Å². The predicted molar refractivity (Wildman–Crippen MR) is 78.6 cm³/mol. The molecule has 0 atom stereocenters. The molecule has 1 N–H and O–H groups in total. The normalized spacial score (nSPS) is 11.5. The van der Waals surface area contributed by atoms with Crippen LogP contribution in [0, 0.1) is 0 Å². The second-order valence-electron chi connectivity index (χ2n) is 4.88. The highest BCUT2D eigenvalue weighted by Crippen LogP contribution is 2.17. The average Bonchev–Trinajstić information content (AvgIpc) is 2.98. The minimum absolute atomic E-state index is 0. The first kappa shape index (κ1) is 18.5. The van der Waals surface area contributed by atoms with E-state index in [-0.39, 0.29) is 12.4 Å². The van der Waals surface area contributed by atoms with Crippen LogP contribution in [0.2, 0.25) is 0 Å². The number of nitrogens with one attached hydrogen (secondary N) is 1. The number of alkyl halides is 3. The topological polar surface area (TPSA) is 47.7 Å². The van der Waals surface area contributed by atoms with Crippen LogP contribution >= 0.6 is 12.4 Å². The summed E-state index contributed by atoms with van der Waals surface area (Å²) in [5.41, 5.74) is 1.77. The summed E-state index contributed by atoms with van der Waals surface area (Å²) in [7, 11) is 0. The summed E-state index contributed by atoms with van der Waals surface area (Å²) in [6.07, 6.45) is 3.37. The maximum Gasteiger partial charge on any atom is 0.408 e. The van der Waals surface area contributed by atoms with E-state index in [1.54, 1.807) is 6.20 Å². The Kier molecular flexibility index (Phi) is 6.89. The number of aromatic nitrogens is 4. The molecule has 0 spiro atoms. The molecule has 2 rings (SSSR count). The minimum Gasteiger partial charge on any atom is -0.308 e. The summed E-state index contributed by atoms with van der Waals surface area (Å²) in [6.45, 7) is 2.99. The highest BCUT2D eigenvalue weighted by molar-refractivity contribution is 5.85. The Morgan fingerprint density at radius 2 is 1.59 bits per heavy atom. The van der Waals surface area contributed by atoms with Crippen LogP contribution in [0.4, 0.5) is 13.2 Å². The first-order chi connectivity index (χ1) is 9.96. The van der Waals surface area contributed by atoms with Crippen LogP contribution in [0.1, 0.15) is 24.5 Å². The molecule has 0 bridgehead atoms. The molecule has 2 aromatic heterocycles. The Morgan fingerprint density at radius 1 is 1.05 bits per heavy atom. The number of nitrogens with zero attached hydrogens (tertiary/aromatic N) is 4. The SMILES string of the molecule is CCCn1cc(CNCc2cnn(CC(F)(F)F)c2)cn1.Cl. The van der Waals surface area contributed by atoms with Crippen molar-refractivity contribution in [3.8, 4) is 0 Å². The van der Waals surface area contributed by atoms with Crippen molar-refractivity contribution in [2.75, 3.05) is 0 Å². The minimum atomic E-state index is -4.25. The molecule has 0 amide bonds. The van der Waals surface area contributed by atoms with Crippen LogP contribution in [-0.2, 0) is 26.2 Å². The summed E-state index contributed by atoms with van der Waals surface area (Å²) in [5.74, 6) is 0. The molecule has 0 aliphatic heterocycles. The van der Waals surface area contributed by atoms with Gasteiger partial charge in [-0.05, 0) is 6.42 Å². The lowest BCUT2D eigenvalue weighted by molar-refractivity contribution is -0.142. The zero-order valence-electron chi connectivity index (χ0n) is 12.2. The number of hydrogen-bond acceptors (Lipinski definition) is 3. The first-order valence-corrected chi connectivity index (χ1v) is 6.76. The standard InChI is InChI=1S/C13H18F3N5.ClH/c1-2-3-20-8-11(6-18-20)4-17-5-12-7-19-21(9-12)10-13(14,15)16;/h6-9,17H,2-5,10H2,1H3;1H. The fourth-order valence-electron chi connectivity index (χ4n) is 1.97. The summed E-state index contributed by atoms with van der Waals surface area (Å²) >= 11 is 0. The van der Waals surface area contributed by atoms with Crippen molar-refractivity contribution in [2.45, 2.75) is 45.7 Å². The summed E-state index contributed by atoms with van der Waals surface area (Å²) < 4.78 is 39.4. The monoisotopic (exact) mass is 337 g/mol. The molecule has 2 heterocycles. The molecule has 0 saturated carbocycles. The number of halogens is 4. The Bertz CT molecular complexity index is 564. The van der Waals surface area contributed by atoms with Crippen molar-refractivity contribution >= 4 is 12.4 Å². The Balaban J connectivity index is 0.00000242. The van der Waals surface area contributed by atoms with Crippen LogP contribution < -0.4 is 5.32 Å². The van der Waals surface area contributed by atoms with E-state index in [2.05, 4.69) is 22.4 Å². The fourth-order valence-corrected chi connectivity index (χ4v) is 1.97. The van der Waals surface area contributed by atoms with E-state index in [4.69, 9.17) is 0 Å². The molecule has 0 radical (unpaired) electrons. The van der Waals surface area contributed by atoms with Gasteiger partial charge >= 0.3 is 6.18 Å². The second kappa shape index (κ2) is 8.19. The van der Waals surface area contributed by atoms with E-state index >= 15 is 0 Å². The van der Waals surface area contributed by atoms with Crippen LogP contribution in [-0.4, -0.2) is 25.7 Å². The van der Waals surface area contributed by atoms with Crippen LogP contribution in [0.5, 0.6) is 0 Å². The van der Waals surface area contributed by atoms with Crippen molar-refractivity contribution < 1.29 is 13.2 Å². The number of aryl methyl sites for hydroxylation is 1. The third kappa shape index (κ3) is 6.07. The summed E-state index contributed by atoms with van der Waals surface area (Å²) in [4.78, 5) is 0. The molecule has 2 aromatic rings. The molecule has 0 aliphatic carbocycles. The van der Waals surface area contributed by atoms with E-state index in [9.17, 15) is 13.2 Å². The van der Waals surface area contributed by atoms with E-state index < -0.39 is 12.7 Å². The van der Waals surface area contributed by atoms with Crippen molar-refractivity contribution in [2.24, 2.45) is 0 Å². The van der Waals surface area contributed by atoms with Crippen LogP contribution in [0.3, 0.4) is 0 Å². The fraction of sp³-hybridized carbons (Fsp3) is 0.538. The zero-order chi connectivity index (χ0) is 15.3. The van der Waals surface area contributed by atoms with Crippen LogP contribution in [0.15, 0.2) is 24.8 Å². The first-order valence-electron chi connectivity index (χ1n) is 6.76. The van der Waals surface area contributed by atoms with E-state index in [0.717, 1.165) is 28.8 Å². The van der Waals surface area contributed by atoms with Gasteiger partial charge in [0, 0.05) is 43.2 Å². The smallest absolute Gasteiger partial charge is 0.308 e. The van der Waals surface area contributed by atoms with E-state index in [1.165, 1.54) is 12.4 Å². The van der Waals surface area contributed by atoms with Gasteiger partial charge in [-0.2, -0.15) is 23.4 Å². The molecule has 124 valence electrons. The van der Waals surface area contributed by atoms with E-state index in [1.807, 2.05) is 10.9 Å². The summed E-state index contributed by atoms with van der Waals surface area (Å²) in [6, 6.07) is 0. The Hall–Kier alpha value is -1.54. The molecule has 0 unspecified atom stereocenters. The third-order valence-electron chi connectivity index (χ3n) is 2.83. The molecule has 0 fully saturated rings. The van der Waals surface area contributed by atoms with Gasteiger partial charge in [0.2, 0.25) is 0 Å². The average molecular weight is 338 g/mol. The Labute approximate surface area is 132 Å². The lowest BCUT2D eigenvalue weighted by Crippen LogP contribution is -2.18. The molecule has 5 nitrogen and oxygen atoms in total. The van der Waals surface area contributed by atoms with E-state index in [0.29, 0.717) is 13.1 Å². The lowest BCUT2D eigenvalue weighted by Gasteiger charge is -2.05. The van der Waals surface area contributed by atoms with Gasteiger partial charge in [0.25, 0.3) is 0 Å². The molecular weight excluding hydrogens is 319 g/mol. The molecule has 0 aromatic carbocycles. The van der Waals surface area contributed by atoms with Gasteiger partial charge in [0.15, 0.2) is 0 Å². The Morgan fingerprint density at radius 3 is 2.14 bits per heavy atom. The number of rotatable bonds is 7. The van der Waals surface area contributed by atoms with Crippen molar-refractivity contribution in [3.63, 3.8) is 0 Å². The van der Waals surface area contributed by atoms with Gasteiger partial charge < -0.3 is 5.32 Å². The van der Waals surface area contributed by atoms with Gasteiger partial charge in [-0.25, -0.2) is 0 Å². The van der Waals surface area contributed by atoms with Gasteiger partial charge in [0.05, 0.1) is 12.4 Å². The largest absolute Gasteiger partial charge is 0.408 e. The lowest BCUT2D eigenvalue weighted by atomic mass is 10.3. The molecular formula is C13H19ClF3N5. The quantitative estimate of drug-likeness (QED) is 0.845. The van der Waals surface area contributed by atoms with Gasteiger partial charge in [-0.3, -0.25) is 9.36 Å². The highest BCUT2D eigenvalue weighted by Gasteiger charge is 2.28. The maximum atomic E-state index is 12.2. The molecule has 22 heavy (non-hydrogen) atoms. The highest BCUT2D eigenvalue weighted by atomic mass is 35.5. The summed E-state index contributed by atoms with van der Waals surface area (Å²) in [5, 5.41) is 11.1.